The number of nitrogens with one attached hydrogen (secondary N) is 1. The van der Waals surface area contributed by atoms with Gasteiger partial charge in [-0.1, -0.05) is 19.4 Å². The third-order valence-corrected chi connectivity index (χ3v) is 3.84. The van der Waals surface area contributed by atoms with E-state index in [1.54, 1.807) is 6.92 Å². The van der Waals surface area contributed by atoms with Gasteiger partial charge in [0.2, 0.25) is 5.91 Å². The van der Waals surface area contributed by atoms with Crippen molar-refractivity contribution in [3.63, 3.8) is 0 Å². The summed E-state index contributed by atoms with van der Waals surface area (Å²) in [4.78, 5) is 12.2. The van der Waals surface area contributed by atoms with Crippen LogP contribution in [0.3, 0.4) is 0 Å². The highest BCUT2D eigenvalue weighted by Gasteiger charge is 2.27. The van der Waals surface area contributed by atoms with Gasteiger partial charge in [0.1, 0.15) is 12.4 Å². The van der Waals surface area contributed by atoms with E-state index in [9.17, 15) is 4.79 Å². The Morgan fingerprint density at radius 3 is 3.05 bits per heavy atom. The van der Waals surface area contributed by atoms with Gasteiger partial charge in [-0.2, -0.15) is 0 Å². The van der Waals surface area contributed by atoms with Gasteiger partial charge in [0.05, 0.1) is 11.6 Å². The zero-order valence-corrected chi connectivity index (χ0v) is 13.4. The van der Waals surface area contributed by atoms with Crippen LogP contribution in [-0.4, -0.2) is 30.8 Å². The zero-order chi connectivity index (χ0) is 16.0. The lowest BCUT2D eigenvalue weighted by Crippen LogP contribution is -2.48. The maximum absolute atomic E-state index is 12.2. The molecule has 1 amide bonds. The molecular weight excluding hydrogens is 280 g/mol. The number of nitrogens with two attached hydrogens (primary N) is 1. The third kappa shape index (κ3) is 4.71. The molecule has 1 aliphatic rings. The molecule has 2 rings (SSSR count). The predicted octanol–water partition coefficient (Wildman–Crippen LogP) is 2.70. The van der Waals surface area contributed by atoms with E-state index in [2.05, 4.69) is 5.32 Å². The second-order valence-corrected chi connectivity index (χ2v) is 6.10. The maximum atomic E-state index is 12.2. The van der Waals surface area contributed by atoms with Gasteiger partial charge in [0, 0.05) is 18.4 Å². The Labute approximate surface area is 132 Å². The number of hydrogen-bond acceptors (Lipinski definition) is 4. The minimum atomic E-state index is -0.858. The molecule has 2 unspecified atom stereocenters. The number of rotatable bonds is 7. The molecular formula is C17H26N2O3. The molecule has 1 aromatic rings. The fraction of sp³-hybridized carbons (Fsp3) is 0.588. The monoisotopic (exact) mass is 306 g/mol. The van der Waals surface area contributed by atoms with Crippen LogP contribution in [0.4, 0.5) is 5.69 Å². The van der Waals surface area contributed by atoms with Crippen molar-refractivity contribution in [3.05, 3.63) is 24.3 Å². The molecule has 1 heterocycles. The first-order valence-corrected chi connectivity index (χ1v) is 7.96. The molecule has 0 bridgehead atoms. The van der Waals surface area contributed by atoms with Gasteiger partial charge in [-0.15, -0.1) is 0 Å². The van der Waals surface area contributed by atoms with Crippen molar-refractivity contribution in [2.75, 3.05) is 18.5 Å². The van der Waals surface area contributed by atoms with Crippen LogP contribution in [0.15, 0.2) is 24.3 Å². The summed E-state index contributed by atoms with van der Waals surface area (Å²) in [7, 11) is 0. The number of carbonyl (C=O) groups is 1. The van der Waals surface area contributed by atoms with Gasteiger partial charge in [-0.25, -0.2) is 0 Å². The van der Waals surface area contributed by atoms with Crippen molar-refractivity contribution in [2.24, 2.45) is 5.73 Å². The lowest BCUT2D eigenvalue weighted by molar-refractivity contribution is -0.120. The molecule has 2 atom stereocenters. The third-order valence-electron chi connectivity index (χ3n) is 3.84. The summed E-state index contributed by atoms with van der Waals surface area (Å²) in [6.45, 7) is 5.13. The molecule has 1 saturated heterocycles. The van der Waals surface area contributed by atoms with Gasteiger partial charge >= 0.3 is 0 Å². The average molecular weight is 306 g/mol. The Hall–Kier alpha value is -1.59. The second kappa shape index (κ2) is 7.61. The standard InChI is InChI=1S/C17H26N2O3/c1-3-9-17(2,18)16(20)19-13-6-4-7-14(11-13)22-12-15-8-5-10-21-15/h4,6-7,11,15H,3,5,8-10,12,18H2,1-2H3,(H,19,20). The Morgan fingerprint density at radius 1 is 1.55 bits per heavy atom. The molecule has 1 aromatic carbocycles. The normalized spacial score (nSPS) is 20.4. The SMILES string of the molecule is CCCC(C)(N)C(=O)Nc1cccc(OCC2CCCO2)c1. The molecule has 5 heteroatoms. The lowest BCUT2D eigenvalue weighted by atomic mass is 9.96. The van der Waals surface area contributed by atoms with Gasteiger partial charge in [-0.05, 0) is 38.3 Å². The fourth-order valence-corrected chi connectivity index (χ4v) is 2.54. The smallest absolute Gasteiger partial charge is 0.244 e. The van der Waals surface area contributed by atoms with E-state index in [1.807, 2.05) is 31.2 Å². The van der Waals surface area contributed by atoms with E-state index in [0.717, 1.165) is 31.6 Å². The van der Waals surface area contributed by atoms with Crippen molar-refractivity contribution in [2.45, 2.75) is 51.2 Å². The minimum absolute atomic E-state index is 0.175. The second-order valence-electron chi connectivity index (χ2n) is 6.10. The summed E-state index contributed by atoms with van der Waals surface area (Å²) in [5, 5.41) is 2.86. The van der Waals surface area contributed by atoms with E-state index >= 15 is 0 Å². The Morgan fingerprint density at radius 2 is 2.36 bits per heavy atom. The van der Waals surface area contributed by atoms with Crippen molar-refractivity contribution in [1.82, 2.24) is 0 Å². The van der Waals surface area contributed by atoms with Crippen LogP contribution in [0.5, 0.6) is 5.75 Å². The molecule has 3 N–H and O–H groups in total. The molecule has 5 nitrogen and oxygen atoms in total. The number of ether oxygens (including phenoxy) is 2. The van der Waals surface area contributed by atoms with Crippen molar-refractivity contribution < 1.29 is 14.3 Å². The Balaban J connectivity index is 1.91. The number of anilines is 1. The zero-order valence-electron chi connectivity index (χ0n) is 13.4. The average Bonchev–Trinajstić information content (AvgIpc) is 2.99. The van der Waals surface area contributed by atoms with E-state index in [0.29, 0.717) is 18.7 Å². The van der Waals surface area contributed by atoms with Gasteiger partial charge in [0.15, 0.2) is 0 Å². The van der Waals surface area contributed by atoms with Crippen LogP contribution in [0.25, 0.3) is 0 Å². The van der Waals surface area contributed by atoms with E-state index in [-0.39, 0.29) is 12.0 Å². The number of hydrogen-bond donors (Lipinski definition) is 2. The van der Waals surface area contributed by atoms with Crippen molar-refractivity contribution >= 4 is 11.6 Å². The Kier molecular flexibility index (Phi) is 5.80. The molecule has 22 heavy (non-hydrogen) atoms. The van der Waals surface area contributed by atoms with E-state index < -0.39 is 5.54 Å². The van der Waals surface area contributed by atoms with Crippen LogP contribution in [-0.2, 0) is 9.53 Å². The molecule has 0 saturated carbocycles. The van der Waals surface area contributed by atoms with Crippen molar-refractivity contribution in [1.29, 1.82) is 0 Å². The summed E-state index contributed by atoms with van der Waals surface area (Å²) in [5.41, 5.74) is 5.88. The van der Waals surface area contributed by atoms with Crippen LogP contribution in [0.1, 0.15) is 39.5 Å². The topological polar surface area (TPSA) is 73.6 Å². The Bertz CT molecular complexity index is 496. The number of amides is 1. The van der Waals surface area contributed by atoms with Gasteiger partial charge in [-0.3, -0.25) is 4.79 Å². The molecule has 122 valence electrons. The van der Waals surface area contributed by atoms with E-state index in [1.165, 1.54) is 0 Å². The highest BCUT2D eigenvalue weighted by molar-refractivity contribution is 5.97. The molecule has 1 fully saturated rings. The highest BCUT2D eigenvalue weighted by Crippen LogP contribution is 2.21. The first-order chi connectivity index (χ1) is 10.5. The van der Waals surface area contributed by atoms with Gasteiger partial charge in [0.25, 0.3) is 0 Å². The number of carbonyl (C=O) groups excluding carboxylic acids is 1. The summed E-state index contributed by atoms with van der Waals surface area (Å²) in [5.74, 6) is 0.549. The predicted molar refractivity (Wildman–Crippen MR) is 87.0 cm³/mol. The van der Waals surface area contributed by atoms with Crippen LogP contribution in [0, 0.1) is 0 Å². The largest absolute Gasteiger partial charge is 0.491 e. The highest BCUT2D eigenvalue weighted by atomic mass is 16.5. The van der Waals surface area contributed by atoms with Crippen molar-refractivity contribution in [3.8, 4) is 5.75 Å². The fourth-order valence-electron chi connectivity index (χ4n) is 2.54. The van der Waals surface area contributed by atoms with Crippen LogP contribution >= 0.6 is 0 Å². The molecule has 0 spiro atoms. The van der Waals surface area contributed by atoms with Crippen LogP contribution in [0.2, 0.25) is 0 Å². The summed E-state index contributed by atoms with van der Waals surface area (Å²) in [6, 6.07) is 7.38. The van der Waals surface area contributed by atoms with Crippen LogP contribution < -0.4 is 15.8 Å². The first-order valence-electron chi connectivity index (χ1n) is 7.96. The molecule has 1 aliphatic heterocycles. The summed E-state index contributed by atoms with van der Waals surface area (Å²) >= 11 is 0. The molecule has 0 radical (unpaired) electrons. The minimum Gasteiger partial charge on any atom is -0.491 e. The lowest BCUT2D eigenvalue weighted by Gasteiger charge is -2.23. The maximum Gasteiger partial charge on any atom is 0.244 e. The quantitative estimate of drug-likeness (QED) is 0.812. The molecule has 0 aliphatic carbocycles. The summed E-state index contributed by atoms with van der Waals surface area (Å²) in [6.07, 6.45) is 3.82. The first kappa shape index (κ1) is 16.8. The molecule has 0 aromatic heterocycles. The number of benzene rings is 1. The summed E-state index contributed by atoms with van der Waals surface area (Å²) < 4.78 is 11.3. The van der Waals surface area contributed by atoms with E-state index in [4.69, 9.17) is 15.2 Å². The van der Waals surface area contributed by atoms with Gasteiger partial charge < -0.3 is 20.5 Å².